The third kappa shape index (κ3) is 5.85. The van der Waals surface area contributed by atoms with Crippen LogP contribution in [0.5, 0.6) is 0 Å². The second kappa shape index (κ2) is 12.4. The summed E-state index contributed by atoms with van der Waals surface area (Å²) in [5, 5.41) is 0. The Hall–Kier alpha value is -4.68. The average molecular weight is 774 g/mol. The number of aromatic amines is 1. The summed E-state index contributed by atoms with van der Waals surface area (Å²) in [4.78, 5) is 42.5. The number of nitrogens with one attached hydrogen (secondary N) is 1. The van der Waals surface area contributed by atoms with E-state index >= 15 is 17.6 Å². The van der Waals surface area contributed by atoms with E-state index in [0.29, 0.717) is 29.1 Å². The summed E-state index contributed by atoms with van der Waals surface area (Å²) in [5.41, 5.74) is -0.340. The number of hydrogen-bond donors (Lipinski definition) is 1. The Morgan fingerprint density at radius 2 is 1.27 bits per heavy atom. The van der Waals surface area contributed by atoms with Crippen LogP contribution in [-0.4, -0.2) is 67.0 Å². The molecule has 1 aromatic heterocycles. The molecule has 0 spiro atoms. The second-order valence-electron chi connectivity index (χ2n) is 18.4. The average Bonchev–Trinajstić information content (AvgIpc) is 3.97. The molecule has 56 heavy (non-hydrogen) atoms. The third-order valence-corrected chi connectivity index (χ3v) is 12.4. The quantitative estimate of drug-likeness (QED) is 0.266. The van der Waals surface area contributed by atoms with Crippen molar-refractivity contribution in [3.05, 3.63) is 71.3 Å². The molecule has 13 heteroatoms. The van der Waals surface area contributed by atoms with Crippen LogP contribution in [-0.2, 0) is 21.3 Å². The highest BCUT2D eigenvalue weighted by Crippen LogP contribution is 2.59. The summed E-state index contributed by atoms with van der Waals surface area (Å²) in [6.45, 7) is 10.9. The topological polar surface area (TPSA) is 100 Å². The molecule has 6 atom stereocenters. The molecule has 2 saturated carbocycles. The summed E-state index contributed by atoms with van der Waals surface area (Å²) in [6, 6.07) is 8.02. The Morgan fingerprint density at radius 3 is 1.84 bits per heavy atom. The maximum absolute atomic E-state index is 16.2. The van der Waals surface area contributed by atoms with E-state index < -0.39 is 40.3 Å². The molecule has 1 N–H and O–H groups in total. The zero-order valence-corrected chi connectivity index (χ0v) is 32.5. The van der Waals surface area contributed by atoms with E-state index in [-0.39, 0.29) is 58.8 Å². The maximum atomic E-state index is 16.2. The predicted octanol–water partition coefficient (Wildman–Crippen LogP) is 10.4. The molecule has 2 saturated heterocycles. The number of allylic oxidation sites excluding steroid dienone is 1. The lowest BCUT2D eigenvalue weighted by Crippen LogP contribution is -2.50. The van der Waals surface area contributed by atoms with Crippen LogP contribution in [0.15, 0.2) is 53.8 Å². The van der Waals surface area contributed by atoms with Crippen LogP contribution in [0.2, 0.25) is 0 Å². The molecule has 6 aliphatic rings. The first-order valence-electron chi connectivity index (χ1n) is 19.7. The van der Waals surface area contributed by atoms with Crippen LogP contribution in [0.1, 0.15) is 115 Å². The number of hydrogen-bond acceptors (Lipinski definition) is 6. The van der Waals surface area contributed by atoms with E-state index in [2.05, 4.69) is 15.0 Å². The zero-order chi connectivity index (χ0) is 39.7. The van der Waals surface area contributed by atoms with Crippen molar-refractivity contribution in [1.82, 2.24) is 19.8 Å². The Bertz CT molecular complexity index is 2200. The lowest BCUT2D eigenvalue weighted by atomic mass is 9.78. The number of aromatic nitrogens is 2. The van der Waals surface area contributed by atoms with Gasteiger partial charge in [-0.3, -0.25) is 14.8 Å². The molecule has 0 radical (unpaired) electrons. The van der Waals surface area contributed by atoms with Crippen LogP contribution in [0, 0.1) is 11.8 Å². The number of ether oxygens (including phenoxy) is 2. The number of fused-ring (bicyclic) bond motifs is 7. The first kappa shape index (κ1) is 36.9. The van der Waals surface area contributed by atoms with Gasteiger partial charge in [0.15, 0.2) is 0 Å². The normalized spacial score (nSPS) is 28.2. The molecule has 9 nitrogen and oxygen atoms in total. The molecule has 2 amide bonds. The van der Waals surface area contributed by atoms with Crippen molar-refractivity contribution >= 4 is 23.5 Å². The van der Waals surface area contributed by atoms with Gasteiger partial charge >= 0.3 is 24.0 Å². The van der Waals surface area contributed by atoms with Gasteiger partial charge in [-0.25, -0.2) is 14.6 Å². The Kier molecular flexibility index (Phi) is 8.18. The van der Waals surface area contributed by atoms with E-state index in [1.54, 1.807) is 28.1 Å². The smallest absolute Gasteiger partial charge is 0.411 e. The third-order valence-electron chi connectivity index (χ3n) is 12.4. The number of amides is 2. The van der Waals surface area contributed by atoms with Gasteiger partial charge in [0.2, 0.25) is 0 Å². The fraction of sp³-hybridized carbons (Fsp3) is 0.535. The van der Waals surface area contributed by atoms with Crippen molar-refractivity contribution in [2.75, 3.05) is 0 Å². The van der Waals surface area contributed by atoms with Crippen LogP contribution >= 0.6 is 0 Å². The SMILES string of the molecule is CC(C)(C)OC(=O)N1[C@@H]2CC[C@@H](C2)[C@H]1C1=NC=C(c2ccc3c(c2)C(F)(F)C(F)(F)c2cc(-c4cnc([C@@H]5[C@H]6CC[C@H](C6)N5C(=O)OC(C)(C)C)[nH]4)ccc2-3)C1. The monoisotopic (exact) mass is 773 g/mol. The van der Waals surface area contributed by atoms with E-state index in [0.717, 1.165) is 50.3 Å². The number of carbonyl (C=O) groups is 2. The fourth-order valence-corrected chi connectivity index (χ4v) is 10.1. The van der Waals surface area contributed by atoms with Crippen molar-refractivity contribution < 1.29 is 36.6 Å². The first-order chi connectivity index (χ1) is 26.3. The summed E-state index contributed by atoms with van der Waals surface area (Å²) in [5.74, 6) is -8.13. The Labute approximate surface area is 323 Å². The van der Waals surface area contributed by atoms with E-state index in [1.807, 2.05) is 41.5 Å². The Morgan fingerprint density at radius 1 is 0.750 bits per heavy atom. The van der Waals surface area contributed by atoms with Gasteiger partial charge in [0.1, 0.15) is 17.0 Å². The van der Waals surface area contributed by atoms with Crippen molar-refractivity contribution in [1.29, 1.82) is 0 Å². The standard InChI is InChI=1S/C43H47F4N5O4/c1-40(2,3)55-38(53)51-27-11-7-24(15-27)35(51)33-19-26(20-48-33)22-9-13-29-30-14-10-23(18-32(30)43(46,47)42(44,45)31(29)17-22)34-21-49-37(50-34)36-25-8-12-28(16-25)52(36)39(54)56-41(4,5)6/h9-10,13-14,17-18,20-21,24-25,27-28,35-36H,7-8,11-12,15-16,19H2,1-6H3,(H,49,50)/t24-,25-,27+,28+,35-,36-/m0/s1. The molecule has 0 unspecified atom stereocenters. The fourth-order valence-electron chi connectivity index (χ4n) is 10.1. The Balaban J connectivity index is 0.978. The van der Waals surface area contributed by atoms with Crippen molar-refractivity contribution in [3.8, 4) is 22.4 Å². The van der Waals surface area contributed by atoms with Gasteiger partial charge in [-0.05, 0) is 126 Å². The number of alkyl halides is 4. The lowest BCUT2D eigenvalue weighted by molar-refractivity contribution is -0.225. The molecule has 3 aliphatic heterocycles. The molecule has 2 aromatic carbocycles. The summed E-state index contributed by atoms with van der Waals surface area (Å²) >= 11 is 0. The second-order valence-corrected chi connectivity index (χ2v) is 18.4. The summed E-state index contributed by atoms with van der Waals surface area (Å²) in [6.07, 6.45) is 7.94. The highest BCUT2D eigenvalue weighted by molar-refractivity contribution is 6.03. The van der Waals surface area contributed by atoms with Crippen LogP contribution < -0.4 is 0 Å². The number of piperidine rings is 2. The molecule has 9 rings (SSSR count). The van der Waals surface area contributed by atoms with Gasteiger partial charge in [-0.15, -0.1) is 0 Å². The molecule has 4 fully saturated rings. The number of carbonyl (C=O) groups excluding carboxylic acids is 2. The van der Waals surface area contributed by atoms with Gasteiger partial charge in [0.25, 0.3) is 0 Å². The van der Waals surface area contributed by atoms with Crippen LogP contribution in [0.3, 0.4) is 0 Å². The molecule has 296 valence electrons. The number of H-pyrrole nitrogens is 1. The van der Waals surface area contributed by atoms with Gasteiger partial charge in [-0.2, -0.15) is 17.6 Å². The number of likely N-dealkylation sites (tertiary alicyclic amines) is 2. The van der Waals surface area contributed by atoms with Crippen molar-refractivity contribution in [2.24, 2.45) is 16.8 Å². The molecule has 3 aliphatic carbocycles. The highest BCUT2D eigenvalue weighted by atomic mass is 19.3. The molecule has 3 aromatic rings. The van der Waals surface area contributed by atoms with E-state index in [4.69, 9.17) is 9.47 Å². The van der Waals surface area contributed by atoms with E-state index in [9.17, 15) is 9.59 Å². The van der Waals surface area contributed by atoms with Gasteiger partial charge in [0, 0.05) is 47.1 Å². The van der Waals surface area contributed by atoms with Crippen molar-refractivity contribution in [3.63, 3.8) is 0 Å². The molecular formula is C43H47F4N5O4. The number of halogens is 4. The molecule has 4 heterocycles. The minimum atomic E-state index is -4.52. The summed E-state index contributed by atoms with van der Waals surface area (Å²) in [7, 11) is 0. The van der Waals surface area contributed by atoms with Gasteiger partial charge < -0.3 is 14.5 Å². The number of rotatable bonds is 4. The van der Waals surface area contributed by atoms with Crippen molar-refractivity contribution in [2.45, 2.75) is 134 Å². The van der Waals surface area contributed by atoms with E-state index in [1.165, 1.54) is 24.4 Å². The maximum Gasteiger partial charge on any atom is 0.411 e. The zero-order valence-electron chi connectivity index (χ0n) is 32.5. The summed E-state index contributed by atoms with van der Waals surface area (Å²) < 4.78 is 76.1. The number of nitrogens with zero attached hydrogens (tertiary/aromatic N) is 4. The van der Waals surface area contributed by atoms with Gasteiger partial charge in [-0.1, -0.05) is 24.3 Å². The largest absolute Gasteiger partial charge is 0.444 e. The molecule has 4 bridgehead atoms. The molecular weight excluding hydrogens is 726 g/mol. The van der Waals surface area contributed by atoms with Gasteiger partial charge in [0.05, 0.1) is 24.0 Å². The lowest BCUT2D eigenvalue weighted by Gasteiger charge is -2.36. The number of benzene rings is 2. The van der Waals surface area contributed by atoms with Crippen LogP contribution in [0.25, 0.3) is 28.0 Å². The predicted molar refractivity (Wildman–Crippen MR) is 202 cm³/mol. The minimum absolute atomic E-state index is 0.0232. The first-order valence-corrected chi connectivity index (χ1v) is 19.7. The minimum Gasteiger partial charge on any atom is -0.444 e. The number of imidazole rings is 1. The van der Waals surface area contributed by atoms with Crippen LogP contribution in [0.4, 0.5) is 27.2 Å². The highest BCUT2D eigenvalue weighted by Gasteiger charge is 2.63. The number of aliphatic imine (C=N–C) groups is 1.